The Labute approximate surface area is 183 Å². The van der Waals surface area contributed by atoms with Crippen LogP contribution in [-0.2, 0) is 21.5 Å². The van der Waals surface area contributed by atoms with E-state index in [0.717, 1.165) is 35.4 Å². The average molecular weight is 431 g/mol. The Morgan fingerprint density at radius 2 is 1.83 bits per heavy atom. The molecule has 0 unspecified atom stereocenters. The maximum Gasteiger partial charge on any atom is 0.0927 e. The summed E-state index contributed by atoms with van der Waals surface area (Å²) in [4.78, 5) is 0. The number of aliphatic hydroxyl groups excluding tert-OH is 2. The zero-order chi connectivity index (χ0) is 21.1. The molecule has 30 heavy (non-hydrogen) atoms. The van der Waals surface area contributed by atoms with Crippen molar-refractivity contribution in [2.45, 2.75) is 68.9 Å². The van der Waals surface area contributed by atoms with Crippen molar-refractivity contribution in [1.29, 1.82) is 0 Å². The van der Waals surface area contributed by atoms with Crippen LogP contribution < -0.4 is 0 Å². The van der Waals surface area contributed by atoms with Crippen LogP contribution >= 0.6 is 11.6 Å². The van der Waals surface area contributed by atoms with Gasteiger partial charge in [-0.2, -0.15) is 0 Å². The lowest BCUT2D eigenvalue weighted by Crippen LogP contribution is -2.33. The largest absolute Gasteiger partial charge is 0.394 e. The summed E-state index contributed by atoms with van der Waals surface area (Å²) in [6, 6.07) is 14.6. The van der Waals surface area contributed by atoms with Gasteiger partial charge in [0.25, 0.3) is 0 Å². The lowest BCUT2D eigenvalue weighted by atomic mass is 9.90. The summed E-state index contributed by atoms with van der Waals surface area (Å²) >= 11 is 6.50. The molecule has 0 amide bonds. The van der Waals surface area contributed by atoms with Gasteiger partial charge >= 0.3 is 0 Å². The van der Waals surface area contributed by atoms with Gasteiger partial charge in [0, 0.05) is 25.0 Å². The second kappa shape index (κ2) is 9.37. The highest BCUT2D eigenvalue weighted by Gasteiger charge is 2.35. The number of ether oxygens (including phenoxy) is 2. The first-order valence-corrected chi connectivity index (χ1v) is 11.3. The summed E-state index contributed by atoms with van der Waals surface area (Å²) in [7, 11) is 1.82. The van der Waals surface area contributed by atoms with E-state index in [1.807, 2.05) is 19.2 Å². The molecule has 5 heteroatoms. The number of hydrogen-bond donors (Lipinski definition) is 2. The van der Waals surface area contributed by atoms with E-state index in [-0.39, 0.29) is 24.4 Å². The SMILES string of the molecule is COC1(c2ccc(Cc3cc([C@H]4C[C@@H](O)C[C@@H](CO)O4)ccc3Cl)cc2)CCCC1. The van der Waals surface area contributed by atoms with Crippen LogP contribution in [0.15, 0.2) is 42.5 Å². The third-order valence-electron chi connectivity index (χ3n) is 6.70. The van der Waals surface area contributed by atoms with E-state index in [1.165, 1.54) is 24.0 Å². The van der Waals surface area contributed by atoms with Crippen LogP contribution in [0.3, 0.4) is 0 Å². The Balaban J connectivity index is 1.51. The van der Waals surface area contributed by atoms with E-state index in [0.29, 0.717) is 12.8 Å². The molecule has 2 N–H and O–H groups in total. The molecule has 4 nitrogen and oxygen atoms in total. The third kappa shape index (κ3) is 4.58. The highest BCUT2D eigenvalue weighted by Crippen LogP contribution is 2.41. The minimum atomic E-state index is -0.462. The zero-order valence-corrected chi connectivity index (χ0v) is 18.3. The van der Waals surface area contributed by atoms with Gasteiger partial charge in [0.2, 0.25) is 0 Å². The van der Waals surface area contributed by atoms with Crippen LogP contribution in [0, 0.1) is 0 Å². The molecular weight excluding hydrogens is 400 g/mol. The lowest BCUT2D eigenvalue weighted by molar-refractivity contribution is -0.113. The standard InChI is InChI=1S/C25H31ClO4/c1-29-25(10-2-3-11-25)20-7-4-17(5-8-20)12-19-13-18(6-9-23(19)26)24-15-21(28)14-22(16-27)30-24/h4-9,13,21-22,24,27-28H,2-3,10-12,14-16H2,1H3/t21-,22-,24+/m0/s1. The number of rotatable bonds is 6. The first kappa shape index (κ1) is 21.8. The van der Waals surface area contributed by atoms with Gasteiger partial charge in [-0.25, -0.2) is 0 Å². The van der Waals surface area contributed by atoms with Gasteiger partial charge in [-0.15, -0.1) is 0 Å². The molecule has 0 spiro atoms. The normalized spacial score (nSPS) is 26.1. The van der Waals surface area contributed by atoms with E-state index >= 15 is 0 Å². The Bertz CT molecular complexity index is 845. The maximum absolute atomic E-state index is 10.1. The fourth-order valence-electron chi connectivity index (χ4n) is 4.96. The fourth-order valence-corrected chi connectivity index (χ4v) is 5.14. The minimum absolute atomic E-state index is 0.0800. The molecule has 1 saturated heterocycles. The van der Waals surface area contributed by atoms with Crippen molar-refractivity contribution >= 4 is 11.6 Å². The Kier molecular flexibility index (Phi) is 6.81. The molecule has 2 aromatic carbocycles. The number of aliphatic hydroxyl groups is 2. The second-order valence-corrected chi connectivity index (χ2v) is 9.09. The number of methoxy groups -OCH3 is 1. The van der Waals surface area contributed by atoms with Gasteiger partial charge in [0.1, 0.15) is 0 Å². The highest BCUT2D eigenvalue weighted by molar-refractivity contribution is 6.31. The van der Waals surface area contributed by atoms with Crippen molar-refractivity contribution in [3.8, 4) is 0 Å². The third-order valence-corrected chi connectivity index (χ3v) is 7.07. The molecule has 162 valence electrons. The lowest BCUT2D eigenvalue weighted by Gasteiger charge is -2.32. The van der Waals surface area contributed by atoms with Crippen molar-refractivity contribution in [2.75, 3.05) is 13.7 Å². The average Bonchev–Trinajstić information content (AvgIpc) is 3.26. The van der Waals surface area contributed by atoms with Gasteiger partial charge in [-0.3, -0.25) is 0 Å². The summed E-state index contributed by atoms with van der Waals surface area (Å²) < 4.78 is 11.9. The molecule has 1 aliphatic carbocycles. The van der Waals surface area contributed by atoms with Crippen molar-refractivity contribution in [1.82, 2.24) is 0 Å². The summed E-state index contributed by atoms with van der Waals surface area (Å²) in [6.45, 7) is -0.0800. The van der Waals surface area contributed by atoms with Crippen LogP contribution in [0.25, 0.3) is 0 Å². The highest BCUT2D eigenvalue weighted by atomic mass is 35.5. The molecular formula is C25H31ClO4. The maximum atomic E-state index is 10.1. The predicted octanol–water partition coefficient (Wildman–Crippen LogP) is 4.92. The predicted molar refractivity (Wildman–Crippen MR) is 118 cm³/mol. The van der Waals surface area contributed by atoms with Crippen LogP contribution in [0.2, 0.25) is 5.02 Å². The van der Waals surface area contributed by atoms with Crippen molar-refractivity contribution < 1.29 is 19.7 Å². The molecule has 2 fully saturated rings. The van der Waals surface area contributed by atoms with E-state index in [4.69, 9.17) is 21.1 Å². The van der Waals surface area contributed by atoms with Crippen LogP contribution in [0.5, 0.6) is 0 Å². The zero-order valence-electron chi connectivity index (χ0n) is 17.5. The molecule has 0 bridgehead atoms. The van der Waals surface area contributed by atoms with E-state index in [9.17, 15) is 10.2 Å². The monoisotopic (exact) mass is 430 g/mol. The quantitative estimate of drug-likeness (QED) is 0.682. The molecule has 2 aromatic rings. The number of benzene rings is 2. The Morgan fingerprint density at radius 3 is 2.50 bits per heavy atom. The van der Waals surface area contributed by atoms with Crippen LogP contribution in [0.4, 0.5) is 0 Å². The van der Waals surface area contributed by atoms with Crippen molar-refractivity contribution in [3.63, 3.8) is 0 Å². The Morgan fingerprint density at radius 1 is 1.10 bits per heavy atom. The summed E-state index contributed by atoms with van der Waals surface area (Å²) in [5.74, 6) is 0. The molecule has 1 aliphatic heterocycles. The molecule has 1 saturated carbocycles. The van der Waals surface area contributed by atoms with Gasteiger partial charge < -0.3 is 19.7 Å². The number of halogens is 1. The van der Waals surface area contributed by atoms with Gasteiger partial charge in [0.05, 0.1) is 30.5 Å². The van der Waals surface area contributed by atoms with Gasteiger partial charge in [-0.1, -0.05) is 60.8 Å². The van der Waals surface area contributed by atoms with Crippen LogP contribution in [-0.4, -0.2) is 36.1 Å². The van der Waals surface area contributed by atoms with Crippen molar-refractivity contribution in [2.24, 2.45) is 0 Å². The fraction of sp³-hybridized carbons (Fsp3) is 0.520. The molecule has 1 heterocycles. The van der Waals surface area contributed by atoms with E-state index in [2.05, 4.69) is 30.3 Å². The van der Waals surface area contributed by atoms with Crippen LogP contribution in [0.1, 0.15) is 66.9 Å². The van der Waals surface area contributed by atoms with Crippen molar-refractivity contribution in [3.05, 3.63) is 69.7 Å². The molecule has 0 radical (unpaired) electrons. The van der Waals surface area contributed by atoms with Gasteiger partial charge in [0.15, 0.2) is 0 Å². The topological polar surface area (TPSA) is 58.9 Å². The molecule has 3 atom stereocenters. The summed E-state index contributed by atoms with van der Waals surface area (Å²) in [5, 5.41) is 20.3. The second-order valence-electron chi connectivity index (χ2n) is 8.68. The van der Waals surface area contributed by atoms with E-state index < -0.39 is 6.10 Å². The molecule has 4 rings (SSSR count). The summed E-state index contributed by atoms with van der Waals surface area (Å²) in [5.41, 5.74) is 4.35. The smallest absolute Gasteiger partial charge is 0.0927 e. The number of hydrogen-bond acceptors (Lipinski definition) is 4. The summed E-state index contributed by atoms with van der Waals surface area (Å²) in [6.07, 6.45) is 5.32. The molecule has 2 aliphatic rings. The first-order chi connectivity index (χ1) is 14.5. The van der Waals surface area contributed by atoms with E-state index in [1.54, 1.807) is 0 Å². The minimum Gasteiger partial charge on any atom is -0.394 e. The van der Waals surface area contributed by atoms with Gasteiger partial charge in [-0.05, 0) is 47.6 Å². The first-order valence-electron chi connectivity index (χ1n) is 10.9. The Hall–Kier alpha value is -1.43. The molecule has 0 aromatic heterocycles.